The number of hydrogen-bond donors (Lipinski definition) is 1. The minimum atomic E-state index is -0.0294. The molecule has 2 aliphatic rings. The molecule has 1 saturated heterocycles. The van der Waals surface area contributed by atoms with Crippen LogP contribution in [0.2, 0.25) is 0 Å². The fourth-order valence-corrected chi connectivity index (χ4v) is 4.79. The Bertz CT molecular complexity index is 1080. The first-order chi connectivity index (χ1) is 13.2. The van der Waals surface area contributed by atoms with Crippen molar-refractivity contribution in [3.8, 4) is 0 Å². The number of thioether (sulfide) groups is 1. The number of benzene rings is 1. The summed E-state index contributed by atoms with van der Waals surface area (Å²) in [5.74, 6) is 2.28. The molecule has 3 aromatic rings. The number of rotatable bonds is 3. The molecule has 4 heterocycles. The number of fused-ring (bicyclic) bond motifs is 2. The first-order valence-corrected chi connectivity index (χ1v) is 10.4. The fourth-order valence-electron chi connectivity index (χ4n) is 3.84. The molecule has 7 heteroatoms. The van der Waals surface area contributed by atoms with Crippen molar-refractivity contribution in [1.29, 1.82) is 0 Å². The largest absolute Gasteiger partial charge is 0.361 e. The van der Waals surface area contributed by atoms with Crippen LogP contribution in [-0.2, 0) is 18.7 Å². The minimum Gasteiger partial charge on any atom is -0.361 e. The lowest BCUT2D eigenvalue weighted by Crippen LogP contribution is -2.52. The maximum absolute atomic E-state index is 12.7. The molecule has 0 radical (unpaired) electrons. The van der Waals surface area contributed by atoms with E-state index in [0.29, 0.717) is 25.2 Å². The summed E-state index contributed by atoms with van der Waals surface area (Å²) >= 11 is 1.85. The fraction of sp³-hybridized carbons (Fsp3) is 0.350. The molecule has 0 saturated carbocycles. The first kappa shape index (κ1) is 16.6. The van der Waals surface area contributed by atoms with Crippen LogP contribution in [0.15, 0.2) is 41.3 Å². The van der Waals surface area contributed by atoms with Crippen molar-refractivity contribution in [2.75, 3.05) is 18.8 Å². The number of nitrogens with zero attached hydrogens (tertiary/aromatic N) is 3. The van der Waals surface area contributed by atoms with Gasteiger partial charge in [0.05, 0.1) is 12.2 Å². The lowest BCUT2D eigenvalue weighted by atomic mass is 9.98. The van der Waals surface area contributed by atoms with Crippen molar-refractivity contribution < 1.29 is 4.79 Å². The maximum atomic E-state index is 12.7. The molecule has 1 aromatic carbocycles. The second-order valence-electron chi connectivity index (χ2n) is 7.30. The van der Waals surface area contributed by atoms with Gasteiger partial charge in [0, 0.05) is 54.5 Å². The molecule has 5 rings (SSSR count). The van der Waals surface area contributed by atoms with Gasteiger partial charge in [-0.15, -0.1) is 0 Å². The molecule has 0 aliphatic carbocycles. The van der Waals surface area contributed by atoms with Gasteiger partial charge in [0.2, 0.25) is 0 Å². The van der Waals surface area contributed by atoms with Gasteiger partial charge in [-0.3, -0.25) is 9.59 Å². The van der Waals surface area contributed by atoms with E-state index in [1.165, 1.54) is 0 Å². The molecule has 138 valence electrons. The zero-order valence-corrected chi connectivity index (χ0v) is 15.7. The number of hydrogen-bond acceptors (Lipinski definition) is 4. The normalized spacial score (nSPS) is 17.0. The average Bonchev–Trinajstić information content (AvgIpc) is 3.11. The van der Waals surface area contributed by atoms with Crippen LogP contribution in [0.5, 0.6) is 0 Å². The van der Waals surface area contributed by atoms with E-state index >= 15 is 0 Å². The summed E-state index contributed by atoms with van der Waals surface area (Å²) in [5, 5.41) is 5.68. The standard InChI is InChI=1S/C20H20N4O2S/c25-19-8-16-12-27-6-4-17(16)22-24(19)11-13-9-23(10-13)20(26)15-2-1-14-3-5-21-18(14)7-15/h1-3,5,7-8,13,21H,4,6,9-12H2. The van der Waals surface area contributed by atoms with Crippen molar-refractivity contribution in [3.05, 3.63) is 63.7 Å². The van der Waals surface area contributed by atoms with E-state index in [0.717, 1.165) is 40.1 Å². The van der Waals surface area contributed by atoms with Crippen LogP contribution in [0.3, 0.4) is 0 Å². The van der Waals surface area contributed by atoms with Gasteiger partial charge in [-0.2, -0.15) is 16.9 Å². The van der Waals surface area contributed by atoms with E-state index in [4.69, 9.17) is 0 Å². The van der Waals surface area contributed by atoms with Gasteiger partial charge in [-0.25, -0.2) is 4.68 Å². The molecule has 0 bridgehead atoms. The van der Waals surface area contributed by atoms with Crippen molar-refractivity contribution in [2.24, 2.45) is 5.92 Å². The Labute approximate surface area is 160 Å². The summed E-state index contributed by atoms with van der Waals surface area (Å²) in [6, 6.07) is 9.47. The number of amides is 1. The molecular formula is C20H20N4O2S. The zero-order chi connectivity index (χ0) is 18.4. The van der Waals surface area contributed by atoms with Gasteiger partial charge >= 0.3 is 0 Å². The predicted octanol–water partition coefficient (Wildman–Crippen LogP) is 2.29. The van der Waals surface area contributed by atoms with Crippen LogP contribution in [0.1, 0.15) is 21.6 Å². The topological polar surface area (TPSA) is 71.0 Å². The number of aryl methyl sites for hydroxylation is 1. The summed E-state index contributed by atoms with van der Waals surface area (Å²) in [7, 11) is 0. The van der Waals surface area contributed by atoms with E-state index < -0.39 is 0 Å². The van der Waals surface area contributed by atoms with Gasteiger partial charge in [0.25, 0.3) is 11.5 Å². The Kier molecular flexibility index (Phi) is 4.04. The van der Waals surface area contributed by atoms with Crippen LogP contribution in [0.25, 0.3) is 10.9 Å². The highest BCUT2D eigenvalue weighted by atomic mass is 32.2. The van der Waals surface area contributed by atoms with Crippen molar-refractivity contribution in [3.63, 3.8) is 0 Å². The third-order valence-corrected chi connectivity index (χ3v) is 6.39. The smallest absolute Gasteiger partial charge is 0.267 e. The van der Waals surface area contributed by atoms with Gasteiger partial charge in [-0.1, -0.05) is 6.07 Å². The number of nitrogens with one attached hydrogen (secondary N) is 1. The maximum Gasteiger partial charge on any atom is 0.267 e. The lowest BCUT2D eigenvalue weighted by Gasteiger charge is -2.39. The summed E-state index contributed by atoms with van der Waals surface area (Å²) < 4.78 is 1.59. The van der Waals surface area contributed by atoms with E-state index in [2.05, 4.69) is 10.1 Å². The van der Waals surface area contributed by atoms with Crippen molar-refractivity contribution in [1.82, 2.24) is 19.7 Å². The number of carbonyl (C=O) groups is 1. The second kappa shape index (κ2) is 6.56. The molecular weight excluding hydrogens is 360 g/mol. The third kappa shape index (κ3) is 3.06. The highest BCUT2D eigenvalue weighted by Crippen LogP contribution is 2.24. The van der Waals surface area contributed by atoms with Gasteiger partial charge < -0.3 is 9.88 Å². The summed E-state index contributed by atoms with van der Waals surface area (Å²) in [6.07, 6.45) is 2.80. The quantitative estimate of drug-likeness (QED) is 0.757. The molecule has 0 atom stereocenters. The van der Waals surface area contributed by atoms with Crippen LogP contribution in [-0.4, -0.2) is 44.4 Å². The van der Waals surface area contributed by atoms with Crippen LogP contribution in [0.4, 0.5) is 0 Å². The van der Waals surface area contributed by atoms with E-state index in [9.17, 15) is 9.59 Å². The summed E-state index contributed by atoms with van der Waals surface area (Å²) in [6.45, 7) is 1.92. The second-order valence-corrected chi connectivity index (χ2v) is 8.40. The lowest BCUT2D eigenvalue weighted by molar-refractivity contribution is 0.0458. The SMILES string of the molecule is O=C(c1ccc2cc[nH]c2c1)N1CC(Cn2nc3c(cc2=O)CSCC3)C1. The average molecular weight is 380 g/mol. The zero-order valence-electron chi connectivity index (χ0n) is 14.9. The predicted molar refractivity (Wildman–Crippen MR) is 106 cm³/mol. The number of aromatic nitrogens is 3. The number of aromatic amines is 1. The summed E-state index contributed by atoms with van der Waals surface area (Å²) in [5.41, 5.74) is 3.78. The Hall–Kier alpha value is -2.54. The summed E-state index contributed by atoms with van der Waals surface area (Å²) in [4.78, 5) is 30.0. The number of carbonyl (C=O) groups excluding carboxylic acids is 1. The van der Waals surface area contributed by atoms with Gasteiger partial charge in [-0.05, 0) is 34.9 Å². The molecule has 1 fully saturated rings. The molecule has 1 N–H and O–H groups in total. The Morgan fingerprint density at radius 2 is 2.15 bits per heavy atom. The van der Waals surface area contributed by atoms with Gasteiger partial charge in [0.15, 0.2) is 0 Å². The van der Waals surface area contributed by atoms with E-state index in [-0.39, 0.29) is 17.4 Å². The molecule has 2 aliphatic heterocycles. The molecule has 0 unspecified atom stereocenters. The van der Waals surface area contributed by atoms with E-state index in [1.807, 2.05) is 47.1 Å². The van der Waals surface area contributed by atoms with Crippen molar-refractivity contribution in [2.45, 2.75) is 18.7 Å². The molecule has 6 nitrogen and oxygen atoms in total. The van der Waals surface area contributed by atoms with Crippen LogP contribution >= 0.6 is 11.8 Å². The highest BCUT2D eigenvalue weighted by Gasteiger charge is 2.32. The molecule has 27 heavy (non-hydrogen) atoms. The van der Waals surface area contributed by atoms with E-state index in [1.54, 1.807) is 10.7 Å². The first-order valence-electron chi connectivity index (χ1n) is 9.21. The molecule has 2 aromatic heterocycles. The minimum absolute atomic E-state index is 0.0294. The van der Waals surface area contributed by atoms with Crippen LogP contribution < -0.4 is 5.56 Å². The third-order valence-electron chi connectivity index (χ3n) is 5.38. The number of likely N-dealkylation sites (tertiary alicyclic amines) is 1. The molecule has 1 amide bonds. The van der Waals surface area contributed by atoms with Crippen molar-refractivity contribution >= 4 is 28.6 Å². The van der Waals surface area contributed by atoms with Crippen LogP contribution in [0, 0.1) is 5.92 Å². The monoisotopic (exact) mass is 380 g/mol. The van der Waals surface area contributed by atoms with Gasteiger partial charge in [0.1, 0.15) is 0 Å². The number of H-pyrrole nitrogens is 1. The highest BCUT2D eigenvalue weighted by molar-refractivity contribution is 7.98. The Balaban J connectivity index is 1.25. The molecule has 0 spiro atoms. The Morgan fingerprint density at radius 1 is 1.26 bits per heavy atom. The Morgan fingerprint density at radius 3 is 3.04 bits per heavy atom.